The summed E-state index contributed by atoms with van der Waals surface area (Å²) in [5.41, 5.74) is -1.86. The summed E-state index contributed by atoms with van der Waals surface area (Å²) in [6.07, 6.45) is -4.90. The van der Waals surface area contributed by atoms with E-state index in [0.29, 0.717) is 12.1 Å². The highest BCUT2D eigenvalue weighted by atomic mass is 79.9. The highest BCUT2D eigenvalue weighted by Crippen LogP contribution is 2.32. The van der Waals surface area contributed by atoms with E-state index in [9.17, 15) is 26.7 Å². The molecule has 0 bridgehead atoms. The second-order valence-corrected chi connectivity index (χ2v) is 5.00. The molecule has 0 aliphatic heterocycles. The van der Waals surface area contributed by atoms with Gasteiger partial charge in [-0.25, -0.2) is 8.78 Å². The van der Waals surface area contributed by atoms with Crippen LogP contribution in [-0.2, 0) is 6.18 Å². The third-order valence-corrected chi connectivity index (χ3v) is 3.32. The van der Waals surface area contributed by atoms with Crippen molar-refractivity contribution < 1.29 is 26.7 Å². The molecule has 0 radical (unpaired) electrons. The number of benzene rings is 2. The van der Waals surface area contributed by atoms with Crippen molar-refractivity contribution >= 4 is 21.7 Å². The SMILES string of the molecule is O=C(c1ccc(F)c(Br)c1)c1ccc(F)c(C(F)(F)F)c1. The van der Waals surface area contributed by atoms with Gasteiger partial charge in [0.2, 0.25) is 0 Å². The van der Waals surface area contributed by atoms with Crippen molar-refractivity contribution in [2.24, 2.45) is 0 Å². The smallest absolute Gasteiger partial charge is 0.289 e. The lowest BCUT2D eigenvalue weighted by atomic mass is 10.0. The molecule has 0 unspecified atom stereocenters. The van der Waals surface area contributed by atoms with E-state index in [1.54, 1.807) is 0 Å². The van der Waals surface area contributed by atoms with Gasteiger partial charge in [-0.05, 0) is 52.3 Å². The standard InChI is InChI=1S/C14H6BrF5O/c15-10-6-8(2-4-12(10)17)13(21)7-1-3-11(16)9(5-7)14(18,19)20/h1-6H. The number of hydrogen-bond donors (Lipinski definition) is 0. The number of ketones is 1. The Balaban J connectivity index is 2.46. The highest BCUT2D eigenvalue weighted by Gasteiger charge is 2.34. The maximum atomic E-state index is 13.2. The first kappa shape index (κ1) is 15.6. The third kappa shape index (κ3) is 3.29. The Bertz CT molecular complexity index is 709. The summed E-state index contributed by atoms with van der Waals surface area (Å²) in [7, 11) is 0. The average Bonchev–Trinajstić information content (AvgIpc) is 2.40. The summed E-state index contributed by atoms with van der Waals surface area (Å²) >= 11 is 2.88. The first-order valence-electron chi connectivity index (χ1n) is 5.56. The molecule has 1 nitrogen and oxygen atoms in total. The van der Waals surface area contributed by atoms with E-state index >= 15 is 0 Å². The number of carbonyl (C=O) groups excluding carboxylic acids is 1. The molecule has 7 heteroatoms. The van der Waals surface area contributed by atoms with Crippen LogP contribution >= 0.6 is 15.9 Å². The van der Waals surface area contributed by atoms with Gasteiger partial charge in [-0.15, -0.1) is 0 Å². The summed E-state index contributed by atoms with van der Waals surface area (Å²) in [6.45, 7) is 0. The second-order valence-electron chi connectivity index (χ2n) is 4.15. The zero-order valence-electron chi connectivity index (χ0n) is 10.1. The van der Waals surface area contributed by atoms with E-state index in [4.69, 9.17) is 0 Å². The molecule has 0 N–H and O–H groups in total. The quantitative estimate of drug-likeness (QED) is 0.542. The van der Waals surface area contributed by atoms with Gasteiger partial charge < -0.3 is 0 Å². The number of carbonyl (C=O) groups is 1. The molecule has 0 aliphatic rings. The maximum Gasteiger partial charge on any atom is 0.419 e. The van der Waals surface area contributed by atoms with Crippen LogP contribution in [0.1, 0.15) is 21.5 Å². The summed E-state index contributed by atoms with van der Waals surface area (Å²) in [5.74, 6) is -2.83. The molecule has 21 heavy (non-hydrogen) atoms. The van der Waals surface area contributed by atoms with Crippen LogP contribution in [0, 0.1) is 11.6 Å². The molecular formula is C14H6BrF5O. The van der Waals surface area contributed by atoms with E-state index in [1.165, 1.54) is 0 Å². The van der Waals surface area contributed by atoms with Gasteiger partial charge in [0.15, 0.2) is 5.78 Å². The zero-order valence-corrected chi connectivity index (χ0v) is 11.7. The third-order valence-electron chi connectivity index (χ3n) is 2.72. The lowest BCUT2D eigenvalue weighted by Crippen LogP contribution is -2.11. The minimum Gasteiger partial charge on any atom is -0.289 e. The largest absolute Gasteiger partial charge is 0.419 e. The molecule has 2 aromatic carbocycles. The highest BCUT2D eigenvalue weighted by molar-refractivity contribution is 9.10. The van der Waals surface area contributed by atoms with Crippen LogP contribution in [0.15, 0.2) is 40.9 Å². The summed E-state index contributed by atoms with van der Waals surface area (Å²) in [6, 6.07) is 5.26. The lowest BCUT2D eigenvalue weighted by molar-refractivity contribution is -0.140. The van der Waals surface area contributed by atoms with Gasteiger partial charge in [0.05, 0.1) is 10.0 Å². The molecule has 0 amide bonds. The fourth-order valence-electron chi connectivity index (χ4n) is 1.69. The van der Waals surface area contributed by atoms with Crippen LogP contribution in [0.3, 0.4) is 0 Å². The Morgan fingerprint density at radius 3 is 1.95 bits per heavy atom. The predicted molar refractivity (Wildman–Crippen MR) is 68.9 cm³/mol. The Kier molecular flexibility index (Phi) is 4.13. The molecule has 0 aliphatic carbocycles. The van der Waals surface area contributed by atoms with E-state index in [-0.39, 0.29) is 15.6 Å². The Morgan fingerprint density at radius 1 is 0.905 bits per heavy atom. The Hall–Kier alpha value is -1.76. The normalized spacial score (nSPS) is 11.5. The number of halogens is 6. The minimum absolute atomic E-state index is 0.00602. The molecule has 0 fully saturated rings. The van der Waals surface area contributed by atoms with E-state index in [2.05, 4.69) is 15.9 Å². The van der Waals surface area contributed by atoms with Crippen LogP contribution in [0.2, 0.25) is 0 Å². The number of rotatable bonds is 2. The topological polar surface area (TPSA) is 17.1 Å². The molecule has 0 spiro atoms. The number of hydrogen-bond acceptors (Lipinski definition) is 1. The van der Waals surface area contributed by atoms with Crippen LogP contribution in [0.4, 0.5) is 22.0 Å². The van der Waals surface area contributed by atoms with Gasteiger partial charge in [0.25, 0.3) is 0 Å². The summed E-state index contributed by atoms with van der Waals surface area (Å²) in [5, 5.41) is 0. The summed E-state index contributed by atoms with van der Waals surface area (Å²) < 4.78 is 64.1. The molecule has 2 aromatic rings. The lowest BCUT2D eigenvalue weighted by Gasteiger charge is -2.10. The van der Waals surface area contributed by atoms with Crippen LogP contribution in [0.5, 0.6) is 0 Å². The monoisotopic (exact) mass is 364 g/mol. The van der Waals surface area contributed by atoms with Crippen LogP contribution < -0.4 is 0 Å². The van der Waals surface area contributed by atoms with Crippen molar-refractivity contribution in [3.05, 3.63) is 69.2 Å². The zero-order chi connectivity index (χ0) is 15.8. The van der Waals surface area contributed by atoms with Crippen molar-refractivity contribution in [2.45, 2.75) is 6.18 Å². The minimum atomic E-state index is -4.90. The van der Waals surface area contributed by atoms with Crippen molar-refractivity contribution in [3.8, 4) is 0 Å². The van der Waals surface area contributed by atoms with Crippen molar-refractivity contribution in [1.82, 2.24) is 0 Å². The van der Waals surface area contributed by atoms with Gasteiger partial charge in [0.1, 0.15) is 11.6 Å². The summed E-state index contributed by atoms with van der Waals surface area (Å²) in [4.78, 5) is 12.1. The average molecular weight is 365 g/mol. The second kappa shape index (κ2) is 5.55. The molecule has 0 saturated carbocycles. The molecule has 0 saturated heterocycles. The molecular weight excluding hydrogens is 359 g/mol. The molecule has 2 rings (SSSR count). The van der Waals surface area contributed by atoms with E-state index in [1.807, 2.05) is 0 Å². The molecule has 0 atom stereocenters. The van der Waals surface area contributed by atoms with Crippen molar-refractivity contribution in [3.63, 3.8) is 0 Å². The van der Waals surface area contributed by atoms with Crippen LogP contribution in [-0.4, -0.2) is 5.78 Å². The molecule has 0 heterocycles. The van der Waals surface area contributed by atoms with Gasteiger partial charge in [0, 0.05) is 11.1 Å². The fraction of sp³-hybridized carbons (Fsp3) is 0.0714. The number of alkyl halides is 3. The van der Waals surface area contributed by atoms with Gasteiger partial charge in [-0.2, -0.15) is 13.2 Å². The van der Waals surface area contributed by atoms with Gasteiger partial charge in [-0.1, -0.05) is 0 Å². The Labute approximate surface area is 124 Å². The first-order chi connectivity index (χ1) is 9.70. The van der Waals surface area contributed by atoms with Gasteiger partial charge in [-0.3, -0.25) is 4.79 Å². The maximum absolute atomic E-state index is 13.2. The van der Waals surface area contributed by atoms with Crippen LogP contribution in [0.25, 0.3) is 0 Å². The van der Waals surface area contributed by atoms with E-state index < -0.39 is 29.2 Å². The fourth-order valence-corrected chi connectivity index (χ4v) is 2.07. The van der Waals surface area contributed by atoms with Crippen molar-refractivity contribution in [2.75, 3.05) is 0 Å². The van der Waals surface area contributed by atoms with Crippen molar-refractivity contribution in [1.29, 1.82) is 0 Å². The first-order valence-corrected chi connectivity index (χ1v) is 6.36. The Morgan fingerprint density at radius 2 is 1.43 bits per heavy atom. The predicted octanol–water partition coefficient (Wildman–Crippen LogP) is 4.98. The van der Waals surface area contributed by atoms with E-state index in [0.717, 1.165) is 24.3 Å². The molecule has 110 valence electrons. The van der Waals surface area contributed by atoms with Gasteiger partial charge >= 0.3 is 6.18 Å². The molecule has 0 aromatic heterocycles.